The van der Waals surface area contributed by atoms with Gasteiger partial charge in [0.05, 0.1) is 50.3 Å². The van der Waals surface area contributed by atoms with Crippen LogP contribution in [0.25, 0.3) is 0 Å². The number of carbonyl (C=O) groups is 1. The van der Waals surface area contributed by atoms with Crippen LogP contribution in [0, 0.1) is 0 Å². The molecule has 2 aliphatic rings. The molecule has 1 unspecified atom stereocenters. The zero-order valence-corrected chi connectivity index (χ0v) is 16.6. The van der Waals surface area contributed by atoms with E-state index >= 15 is 0 Å². The first-order chi connectivity index (χ1) is 13.6. The van der Waals surface area contributed by atoms with Gasteiger partial charge in [-0.2, -0.15) is 0 Å². The minimum absolute atomic E-state index is 0.155. The number of nitrogens with zero attached hydrogens (tertiary/aromatic N) is 2. The normalized spacial score (nSPS) is 19.4. The Hall–Kier alpha value is -2.73. The molecule has 0 amide bonds. The van der Waals surface area contributed by atoms with E-state index in [1.54, 1.807) is 14.2 Å². The summed E-state index contributed by atoms with van der Waals surface area (Å²) in [5, 5.41) is 0. The molecule has 4 rings (SSSR count). The predicted molar refractivity (Wildman–Crippen MR) is 109 cm³/mol. The molecule has 1 fully saturated rings. The zero-order chi connectivity index (χ0) is 19.7. The minimum Gasteiger partial charge on any atom is -0.497 e. The number of morpholine rings is 1. The van der Waals surface area contributed by atoms with E-state index in [9.17, 15) is 4.79 Å². The largest absolute Gasteiger partial charge is 0.497 e. The summed E-state index contributed by atoms with van der Waals surface area (Å²) in [5.41, 5.74) is 3.65. The Labute approximate surface area is 165 Å². The van der Waals surface area contributed by atoms with Gasteiger partial charge < -0.3 is 24.0 Å². The average Bonchev–Trinajstić information content (AvgIpc) is 2.76. The van der Waals surface area contributed by atoms with Gasteiger partial charge in [-0.1, -0.05) is 12.1 Å². The molecule has 6 heteroatoms. The third kappa shape index (κ3) is 3.29. The Balaban J connectivity index is 1.78. The molecule has 0 radical (unpaired) electrons. The lowest BCUT2D eigenvalue weighted by Gasteiger charge is -2.37. The maximum atomic E-state index is 13.6. The second-order valence-corrected chi connectivity index (χ2v) is 7.21. The van der Waals surface area contributed by atoms with Crippen LogP contribution in [0.1, 0.15) is 21.8 Å². The van der Waals surface area contributed by atoms with Gasteiger partial charge in [0.25, 0.3) is 0 Å². The number of ketones is 1. The van der Waals surface area contributed by atoms with Crippen LogP contribution < -0.4 is 19.3 Å². The van der Waals surface area contributed by atoms with Crippen molar-refractivity contribution in [2.45, 2.75) is 5.92 Å². The van der Waals surface area contributed by atoms with Crippen LogP contribution in [-0.4, -0.2) is 59.9 Å². The minimum atomic E-state index is -0.211. The van der Waals surface area contributed by atoms with Crippen molar-refractivity contribution in [1.82, 2.24) is 0 Å². The molecule has 0 aliphatic carbocycles. The Morgan fingerprint density at radius 1 is 0.964 bits per heavy atom. The fraction of sp³-hybridized carbons (Fsp3) is 0.409. The second-order valence-electron chi connectivity index (χ2n) is 7.21. The highest BCUT2D eigenvalue weighted by Gasteiger charge is 2.35. The number of benzene rings is 2. The summed E-state index contributed by atoms with van der Waals surface area (Å²) in [6.45, 7) is 3.50. The number of ether oxygens (including phenoxy) is 3. The van der Waals surface area contributed by atoms with Crippen molar-refractivity contribution < 1.29 is 19.0 Å². The van der Waals surface area contributed by atoms with Gasteiger partial charge in [-0.25, -0.2) is 0 Å². The van der Waals surface area contributed by atoms with E-state index in [1.807, 2.05) is 43.4 Å². The standard InChI is InChI=1S/C22H26N2O4/c1-23-14-18(15-4-6-16(26-2)7-5-15)22(25)21-19(23)12-17(27-3)13-20(21)24-8-10-28-11-9-24/h4-7,12-13,18H,8-11,14H2,1-3H3. The van der Waals surface area contributed by atoms with Crippen LogP contribution >= 0.6 is 0 Å². The van der Waals surface area contributed by atoms with Gasteiger partial charge in [0.1, 0.15) is 11.5 Å². The van der Waals surface area contributed by atoms with Crippen LogP contribution in [0.5, 0.6) is 11.5 Å². The monoisotopic (exact) mass is 382 g/mol. The van der Waals surface area contributed by atoms with Crippen molar-refractivity contribution >= 4 is 17.2 Å². The number of carbonyl (C=O) groups excluding carboxylic acids is 1. The smallest absolute Gasteiger partial charge is 0.176 e. The summed E-state index contributed by atoms with van der Waals surface area (Å²) in [6.07, 6.45) is 0. The first kappa shape index (κ1) is 18.6. The lowest BCUT2D eigenvalue weighted by atomic mass is 9.84. The third-order valence-electron chi connectivity index (χ3n) is 5.61. The quantitative estimate of drug-likeness (QED) is 0.810. The summed E-state index contributed by atoms with van der Waals surface area (Å²) >= 11 is 0. The van der Waals surface area contributed by atoms with Crippen molar-refractivity contribution in [1.29, 1.82) is 0 Å². The third-order valence-corrected chi connectivity index (χ3v) is 5.61. The van der Waals surface area contributed by atoms with Crippen molar-refractivity contribution in [3.8, 4) is 11.5 Å². The molecule has 0 spiro atoms. The number of likely N-dealkylation sites (N-methyl/N-ethyl adjacent to an activating group) is 1. The summed E-state index contributed by atoms with van der Waals surface area (Å²) in [5.74, 6) is 1.50. The van der Waals surface area contributed by atoms with E-state index < -0.39 is 0 Å². The SMILES string of the molecule is COc1ccc(C2CN(C)c3cc(OC)cc(N4CCOCC4)c3C2=O)cc1. The van der Waals surface area contributed by atoms with Gasteiger partial charge in [0.15, 0.2) is 5.78 Å². The van der Waals surface area contributed by atoms with E-state index in [4.69, 9.17) is 14.2 Å². The molecule has 148 valence electrons. The van der Waals surface area contributed by atoms with Gasteiger partial charge >= 0.3 is 0 Å². The molecule has 1 atom stereocenters. The number of hydrogen-bond acceptors (Lipinski definition) is 6. The van der Waals surface area contributed by atoms with Crippen molar-refractivity contribution in [2.24, 2.45) is 0 Å². The molecule has 2 aromatic rings. The molecule has 0 aromatic heterocycles. The van der Waals surface area contributed by atoms with Crippen LogP contribution in [0.3, 0.4) is 0 Å². The molecule has 6 nitrogen and oxygen atoms in total. The van der Waals surface area contributed by atoms with Crippen LogP contribution in [0.15, 0.2) is 36.4 Å². The van der Waals surface area contributed by atoms with E-state index in [-0.39, 0.29) is 11.7 Å². The first-order valence-electron chi connectivity index (χ1n) is 9.56. The number of rotatable bonds is 4. The fourth-order valence-electron chi connectivity index (χ4n) is 4.03. The lowest BCUT2D eigenvalue weighted by molar-refractivity contribution is 0.0955. The summed E-state index contributed by atoms with van der Waals surface area (Å²) in [4.78, 5) is 18.0. The number of Topliss-reactive ketones (excluding diaryl/α,β-unsaturated/α-hetero) is 1. The van der Waals surface area contributed by atoms with E-state index in [2.05, 4.69) is 9.80 Å². The highest BCUT2D eigenvalue weighted by atomic mass is 16.5. The van der Waals surface area contributed by atoms with Crippen LogP contribution in [0.2, 0.25) is 0 Å². The van der Waals surface area contributed by atoms with Gasteiger partial charge in [0.2, 0.25) is 0 Å². The van der Waals surface area contributed by atoms with Gasteiger partial charge in [-0.05, 0) is 17.7 Å². The van der Waals surface area contributed by atoms with Crippen molar-refractivity contribution in [2.75, 3.05) is 63.9 Å². The number of anilines is 2. The van der Waals surface area contributed by atoms with Crippen LogP contribution in [0.4, 0.5) is 11.4 Å². The molecule has 2 aliphatic heterocycles. The maximum absolute atomic E-state index is 13.6. The zero-order valence-electron chi connectivity index (χ0n) is 16.6. The number of fused-ring (bicyclic) bond motifs is 1. The molecule has 2 heterocycles. The summed E-state index contributed by atoms with van der Waals surface area (Å²) in [7, 11) is 5.34. The number of methoxy groups -OCH3 is 2. The van der Waals surface area contributed by atoms with E-state index in [0.717, 1.165) is 47.1 Å². The lowest BCUT2D eigenvalue weighted by Crippen LogP contribution is -2.40. The Morgan fingerprint density at radius 3 is 2.25 bits per heavy atom. The molecule has 2 aromatic carbocycles. The molecule has 0 N–H and O–H groups in total. The second kappa shape index (κ2) is 7.72. The highest BCUT2D eigenvalue weighted by molar-refractivity contribution is 6.12. The fourth-order valence-corrected chi connectivity index (χ4v) is 4.03. The highest BCUT2D eigenvalue weighted by Crippen LogP contribution is 2.42. The van der Waals surface area contributed by atoms with Gasteiger partial charge in [-0.3, -0.25) is 4.79 Å². The topological polar surface area (TPSA) is 51.2 Å². The summed E-state index contributed by atoms with van der Waals surface area (Å²) in [6, 6.07) is 11.7. The Morgan fingerprint density at radius 2 is 1.61 bits per heavy atom. The number of hydrogen-bond donors (Lipinski definition) is 0. The maximum Gasteiger partial charge on any atom is 0.176 e. The Kier molecular flexibility index (Phi) is 5.13. The molecular formula is C22H26N2O4. The predicted octanol–water partition coefficient (Wildman–Crippen LogP) is 2.96. The van der Waals surface area contributed by atoms with Gasteiger partial charge in [0, 0.05) is 38.8 Å². The molecular weight excluding hydrogens is 356 g/mol. The van der Waals surface area contributed by atoms with Crippen molar-refractivity contribution in [3.05, 3.63) is 47.5 Å². The first-order valence-corrected chi connectivity index (χ1v) is 9.56. The summed E-state index contributed by atoms with van der Waals surface area (Å²) < 4.78 is 16.3. The Bertz CT molecular complexity index is 860. The van der Waals surface area contributed by atoms with Crippen molar-refractivity contribution in [3.63, 3.8) is 0 Å². The molecule has 1 saturated heterocycles. The van der Waals surface area contributed by atoms with E-state index in [0.29, 0.717) is 19.8 Å². The average molecular weight is 382 g/mol. The molecule has 28 heavy (non-hydrogen) atoms. The molecule has 0 bridgehead atoms. The van der Waals surface area contributed by atoms with E-state index in [1.165, 1.54) is 0 Å². The van der Waals surface area contributed by atoms with Gasteiger partial charge in [-0.15, -0.1) is 0 Å². The molecule has 0 saturated carbocycles. The van der Waals surface area contributed by atoms with Crippen LogP contribution in [-0.2, 0) is 4.74 Å².